The van der Waals surface area contributed by atoms with Gasteiger partial charge >= 0.3 is 5.97 Å². The van der Waals surface area contributed by atoms with Crippen molar-refractivity contribution in [2.24, 2.45) is 0 Å². The maximum absolute atomic E-state index is 12.4. The van der Waals surface area contributed by atoms with Crippen LogP contribution < -0.4 is 0 Å². The quantitative estimate of drug-likeness (QED) is 0.774. The normalized spacial score (nSPS) is 10.5. The predicted molar refractivity (Wildman–Crippen MR) is 47.7 cm³/mol. The molecule has 0 aromatic heterocycles. The van der Waals surface area contributed by atoms with Crippen LogP contribution in [-0.4, -0.2) is 11.1 Å². The highest BCUT2D eigenvalue weighted by Gasteiger charge is 1.91. The predicted octanol–water partition coefficient (Wildman–Crippen LogP) is 2.31. The smallest absolute Gasteiger partial charge is 0.307 e. The average Bonchev–Trinajstić information content (AvgIpc) is 2.08. The lowest BCUT2D eigenvalue weighted by Gasteiger charge is -1.91. The van der Waals surface area contributed by atoms with E-state index in [0.29, 0.717) is 0 Å². The summed E-state index contributed by atoms with van der Waals surface area (Å²) in [5.74, 6) is -1.17. The van der Waals surface area contributed by atoms with Crippen molar-refractivity contribution in [1.82, 2.24) is 0 Å². The Kier molecular flexibility index (Phi) is 3.20. The molecule has 2 nitrogen and oxygen atoms in total. The molecule has 68 valence electrons. The molecule has 1 rings (SSSR count). The van der Waals surface area contributed by atoms with Crippen molar-refractivity contribution in [3.63, 3.8) is 0 Å². The van der Waals surface area contributed by atoms with Gasteiger partial charge in [-0.3, -0.25) is 4.79 Å². The van der Waals surface area contributed by atoms with Crippen molar-refractivity contribution in [1.29, 1.82) is 0 Å². The summed E-state index contributed by atoms with van der Waals surface area (Å²) in [5, 5.41) is 8.32. The minimum atomic E-state index is -0.877. The van der Waals surface area contributed by atoms with Gasteiger partial charge in [0.05, 0.1) is 6.42 Å². The first kappa shape index (κ1) is 9.45. The van der Waals surface area contributed by atoms with Gasteiger partial charge in [-0.2, -0.15) is 0 Å². The van der Waals surface area contributed by atoms with Gasteiger partial charge in [0.1, 0.15) is 5.82 Å². The van der Waals surface area contributed by atoms with Gasteiger partial charge in [-0.25, -0.2) is 4.39 Å². The fourth-order valence-corrected chi connectivity index (χ4v) is 0.870. The maximum Gasteiger partial charge on any atom is 0.307 e. The number of carbonyl (C=O) groups is 1. The zero-order valence-corrected chi connectivity index (χ0v) is 6.90. The van der Waals surface area contributed by atoms with Crippen LogP contribution in [-0.2, 0) is 4.79 Å². The molecular weight excluding hydrogens is 171 g/mol. The van der Waals surface area contributed by atoms with Crippen LogP contribution in [0.4, 0.5) is 4.39 Å². The van der Waals surface area contributed by atoms with Gasteiger partial charge < -0.3 is 5.11 Å². The molecule has 0 bridgehead atoms. The number of rotatable bonds is 3. The van der Waals surface area contributed by atoms with E-state index < -0.39 is 5.97 Å². The van der Waals surface area contributed by atoms with Gasteiger partial charge in [-0.1, -0.05) is 24.3 Å². The number of aliphatic carboxylic acids is 1. The van der Waals surface area contributed by atoms with E-state index in [4.69, 9.17) is 5.11 Å². The van der Waals surface area contributed by atoms with Crippen LogP contribution in [0.5, 0.6) is 0 Å². The van der Waals surface area contributed by atoms with E-state index in [1.807, 2.05) is 0 Å². The van der Waals surface area contributed by atoms with Crippen molar-refractivity contribution < 1.29 is 14.3 Å². The molecule has 0 unspecified atom stereocenters. The zero-order chi connectivity index (χ0) is 9.68. The molecule has 0 spiro atoms. The van der Waals surface area contributed by atoms with Crippen molar-refractivity contribution in [2.45, 2.75) is 6.42 Å². The molecule has 1 aromatic rings. The van der Waals surface area contributed by atoms with E-state index in [1.165, 1.54) is 18.2 Å². The first-order valence-corrected chi connectivity index (χ1v) is 3.82. The second-order valence-electron chi connectivity index (χ2n) is 2.55. The summed E-state index contributed by atoms with van der Waals surface area (Å²) in [4.78, 5) is 10.1. The van der Waals surface area contributed by atoms with E-state index in [-0.39, 0.29) is 12.2 Å². The number of hydrogen-bond donors (Lipinski definition) is 1. The average molecular weight is 180 g/mol. The van der Waals surface area contributed by atoms with Crippen molar-refractivity contribution in [2.75, 3.05) is 0 Å². The Morgan fingerprint density at radius 2 is 2.00 bits per heavy atom. The van der Waals surface area contributed by atoms with Crippen molar-refractivity contribution in [3.8, 4) is 0 Å². The topological polar surface area (TPSA) is 37.3 Å². The molecule has 0 fully saturated rings. The number of benzene rings is 1. The van der Waals surface area contributed by atoms with Crippen LogP contribution in [0, 0.1) is 5.82 Å². The number of carboxylic acids is 1. The Hall–Kier alpha value is -1.64. The molecule has 13 heavy (non-hydrogen) atoms. The molecule has 3 heteroatoms. The van der Waals surface area contributed by atoms with E-state index in [0.717, 1.165) is 5.56 Å². The fraction of sp³-hybridized carbons (Fsp3) is 0.100. The second kappa shape index (κ2) is 4.40. The lowest BCUT2D eigenvalue weighted by Crippen LogP contribution is -1.89. The van der Waals surface area contributed by atoms with Crippen LogP contribution >= 0.6 is 0 Å². The Balaban J connectivity index is 2.59. The second-order valence-corrected chi connectivity index (χ2v) is 2.55. The van der Waals surface area contributed by atoms with Crippen molar-refractivity contribution in [3.05, 3.63) is 41.7 Å². The van der Waals surface area contributed by atoms with E-state index in [9.17, 15) is 9.18 Å². The van der Waals surface area contributed by atoms with Gasteiger partial charge in [0.15, 0.2) is 0 Å². The Bertz CT molecular complexity index is 314. The molecule has 0 saturated heterocycles. The first-order valence-electron chi connectivity index (χ1n) is 3.82. The molecule has 0 aliphatic rings. The zero-order valence-electron chi connectivity index (χ0n) is 6.90. The molecule has 0 atom stereocenters. The van der Waals surface area contributed by atoms with E-state index >= 15 is 0 Å². The van der Waals surface area contributed by atoms with Crippen LogP contribution in [0.25, 0.3) is 6.08 Å². The summed E-state index contributed by atoms with van der Waals surface area (Å²) < 4.78 is 12.4. The first-order chi connectivity index (χ1) is 6.18. The Morgan fingerprint density at radius 3 is 2.54 bits per heavy atom. The van der Waals surface area contributed by atoms with Crippen LogP contribution in [0.2, 0.25) is 0 Å². The third-order valence-corrected chi connectivity index (χ3v) is 1.47. The molecule has 0 radical (unpaired) electrons. The summed E-state index contributed by atoms with van der Waals surface area (Å²) in [5.41, 5.74) is 0.794. The minimum Gasteiger partial charge on any atom is -0.481 e. The molecule has 1 aromatic carbocycles. The summed E-state index contributed by atoms with van der Waals surface area (Å²) in [6.45, 7) is 0. The summed E-state index contributed by atoms with van der Waals surface area (Å²) >= 11 is 0. The van der Waals surface area contributed by atoms with Crippen LogP contribution in [0.1, 0.15) is 12.0 Å². The highest BCUT2D eigenvalue weighted by molar-refractivity contribution is 5.70. The molecular formula is C10H9FO2. The molecule has 0 aliphatic carbocycles. The van der Waals surface area contributed by atoms with Gasteiger partial charge in [-0.15, -0.1) is 0 Å². The summed E-state index contributed by atoms with van der Waals surface area (Å²) in [6, 6.07) is 5.85. The van der Waals surface area contributed by atoms with E-state index in [2.05, 4.69) is 0 Å². The lowest BCUT2D eigenvalue weighted by molar-refractivity contribution is -0.135. The number of halogens is 1. The van der Waals surface area contributed by atoms with Gasteiger partial charge in [0, 0.05) is 0 Å². The fourth-order valence-electron chi connectivity index (χ4n) is 0.870. The number of carboxylic acid groups (broad SMARTS) is 1. The Labute approximate surface area is 75.3 Å². The minimum absolute atomic E-state index is 0.0165. The highest BCUT2D eigenvalue weighted by atomic mass is 19.1. The molecule has 0 heterocycles. The highest BCUT2D eigenvalue weighted by Crippen LogP contribution is 2.04. The van der Waals surface area contributed by atoms with Crippen LogP contribution in [0.15, 0.2) is 30.3 Å². The molecule has 0 saturated carbocycles. The maximum atomic E-state index is 12.4. The SMILES string of the molecule is O=C(O)CC=Cc1ccc(F)cc1. The summed E-state index contributed by atoms with van der Waals surface area (Å²) in [7, 11) is 0. The lowest BCUT2D eigenvalue weighted by atomic mass is 10.2. The van der Waals surface area contributed by atoms with Crippen molar-refractivity contribution >= 4 is 12.0 Å². The molecule has 0 amide bonds. The van der Waals surface area contributed by atoms with E-state index in [1.54, 1.807) is 18.2 Å². The largest absolute Gasteiger partial charge is 0.481 e. The van der Waals surface area contributed by atoms with Crippen LogP contribution in [0.3, 0.4) is 0 Å². The standard InChI is InChI=1S/C10H9FO2/c11-9-6-4-8(5-7-9)2-1-3-10(12)13/h1-2,4-7H,3H2,(H,12,13). The van der Waals surface area contributed by atoms with Gasteiger partial charge in [0.2, 0.25) is 0 Å². The molecule has 0 aliphatic heterocycles. The monoisotopic (exact) mass is 180 g/mol. The molecule has 1 N–H and O–H groups in total. The van der Waals surface area contributed by atoms with Gasteiger partial charge in [0.25, 0.3) is 0 Å². The third kappa shape index (κ3) is 3.51. The van der Waals surface area contributed by atoms with Gasteiger partial charge in [-0.05, 0) is 17.7 Å². The number of hydrogen-bond acceptors (Lipinski definition) is 1. The summed E-state index contributed by atoms with van der Waals surface area (Å²) in [6.07, 6.45) is 3.15. The Morgan fingerprint density at radius 1 is 1.38 bits per heavy atom. The third-order valence-electron chi connectivity index (χ3n) is 1.47.